The summed E-state index contributed by atoms with van der Waals surface area (Å²) in [5.74, 6) is 1.73. The fourth-order valence-electron chi connectivity index (χ4n) is 1.12. The van der Waals surface area contributed by atoms with Crippen LogP contribution in [0.5, 0.6) is 5.75 Å². The lowest BCUT2D eigenvalue weighted by Gasteiger charge is -2.09. The lowest BCUT2D eigenvalue weighted by molar-refractivity contribution is 0.413. The van der Waals surface area contributed by atoms with Crippen LogP contribution in [-0.4, -0.2) is 19.2 Å². The molecular weight excluding hydrogens is 194 g/mol. The number of aliphatic imine (C=N–C) groups is 1. The molecule has 3 heteroatoms. The van der Waals surface area contributed by atoms with Crippen molar-refractivity contribution in [3.63, 3.8) is 0 Å². The quantitative estimate of drug-likeness (QED) is 0.708. The van der Waals surface area contributed by atoms with E-state index < -0.39 is 0 Å². The normalized spacial score (nSPS) is 12.5. The van der Waals surface area contributed by atoms with E-state index in [0.717, 1.165) is 11.6 Å². The molecule has 1 aromatic rings. The van der Waals surface area contributed by atoms with Gasteiger partial charge in [0.2, 0.25) is 0 Å². The van der Waals surface area contributed by atoms with Gasteiger partial charge >= 0.3 is 0 Å². The number of ether oxygens (including phenoxy) is 1. The maximum absolute atomic E-state index is 5.12. The van der Waals surface area contributed by atoms with Crippen molar-refractivity contribution in [1.82, 2.24) is 0 Å². The highest BCUT2D eigenvalue weighted by Gasteiger charge is 2.05. The standard InChI is InChI=1S/C9H9NOS.C2H6/c1-11-8-3-2-7-5-10-6-12-9(7)4-8;1-2/h2-5H,6H2,1H3;1-2H3. The molecule has 1 aliphatic rings. The Labute approximate surface area is 89.4 Å². The van der Waals surface area contributed by atoms with Crippen LogP contribution in [0.4, 0.5) is 0 Å². The summed E-state index contributed by atoms with van der Waals surface area (Å²) in [6, 6.07) is 6.03. The smallest absolute Gasteiger partial charge is 0.120 e. The first kappa shape index (κ1) is 11.1. The van der Waals surface area contributed by atoms with Gasteiger partial charge in [-0.05, 0) is 18.2 Å². The van der Waals surface area contributed by atoms with Crippen LogP contribution in [0, 0.1) is 0 Å². The predicted molar refractivity (Wildman–Crippen MR) is 62.7 cm³/mol. The Bertz CT molecular complexity index is 323. The average Bonchev–Trinajstić information content (AvgIpc) is 2.31. The molecule has 1 heterocycles. The third kappa shape index (κ3) is 2.51. The van der Waals surface area contributed by atoms with Gasteiger partial charge in [-0.15, -0.1) is 11.8 Å². The number of methoxy groups -OCH3 is 1. The van der Waals surface area contributed by atoms with Gasteiger partial charge in [0.05, 0.1) is 13.0 Å². The van der Waals surface area contributed by atoms with Gasteiger partial charge in [0, 0.05) is 16.7 Å². The molecule has 1 aromatic carbocycles. The molecule has 0 aliphatic carbocycles. The van der Waals surface area contributed by atoms with Crippen molar-refractivity contribution in [2.45, 2.75) is 18.7 Å². The van der Waals surface area contributed by atoms with Gasteiger partial charge < -0.3 is 4.74 Å². The SMILES string of the molecule is CC.COc1ccc2c(c1)SCN=C2. The first-order chi connectivity index (χ1) is 6.90. The molecule has 0 aromatic heterocycles. The van der Waals surface area contributed by atoms with Crippen molar-refractivity contribution >= 4 is 18.0 Å². The Morgan fingerprint density at radius 3 is 2.86 bits per heavy atom. The van der Waals surface area contributed by atoms with Gasteiger partial charge in [0.1, 0.15) is 5.75 Å². The molecule has 0 unspecified atom stereocenters. The number of rotatable bonds is 1. The third-order valence-corrected chi connectivity index (χ3v) is 2.69. The zero-order valence-corrected chi connectivity index (χ0v) is 9.60. The molecule has 0 N–H and O–H groups in total. The monoisotopic (exact) mass is 209 g/mol. The number of thioether (sulfide) groups is 1. The molecule has 76 valence electrons. The van der Waals surface area contributed by atoms with Crippen LogP contribution < -0.4 is 4.74 Å². The molecule has 0 atom stereocenters. The fourth-order valence-corrected chi connectivity index (χ4v) is 1.89. The first-order valence-electron chi connectivity index (χ1n) is 4.71. The topological polar surface area (TPSA) is 21.6 Å². The van der Waals surface area contributed by atoms with Gasteiger partial charge in [-0.1, -0.05) is 13.8 Å². The van der Waals surface area contributed by atoms with Crippen molar-refractivity contribution in [3.8, 4) is 5.75 Å². The highest BCUT2D eigenvalue weighted by atomic mass is 32.2. The molecule has 0 spiro atoms. The Morgan fingerprint density at radius 1 is 1.36 bits per heavy atom. The number of fused-ring (bicyclic) bond motifs is 1. The average molecular weight is 209 g/mol. The van der Waals surface area contributed by atoms with Crippen molar-refractivity contribution in [2.24, 2.45) is 4.99 Å². The molecule has 14 heavy (non-hydrogen) atoms. The second-order valence-electron chi connectivity index (χ2n) is 2.49. The minimum absolute atomic E-state index is 0.820. The molecule has 2 rings (SSSR count). The number of benzene rings is 1. The van der Waals surface area contributed by atoms with Gasteiger partial charge in [0.25, 0.3) is 0 Å². The zero-order chi connectivity index (χ0) is 10.4. The maximum atomic E-state index is 5.12. The summed E-state index contributed by atoms with van der Waals surface area (Å²) < 4.78 is 5.12. The number of hydrogen-bond acceptors (Lipinski definition) is 3. The Kier molecular flexibility index (Phi) is 4.53. The van der Waals surface area contributed by atoms with Crippen LogP contribution in [0.25, 0.3) is 0 Å². The minimum atomic E-state index is 0.820. The van der Waals surface area contributed by atoms with Crippen molar-refractivity contribution < 1.29 is 4.74 Å². The predicted octanol–water partition coefficient (Wildman–Crippen LogP) is 3.20. The molecule has 0 bridgehead atoms. The van der Waals surface area contributed by atoms with Gasteiger partial charge in [-0.2, -0.15) is 0 Å². The molecular formula is C11H15NOS. The summed E-state index contributed by atoms with van der Waals surface area (Å²) in [5, 5.41) is 0. The number of nitrogens with zero attached hydrogens (tertiary/aromatic N) is 1. The molecule has 0 saturated carbocycles. The molecule has 2 nitrogen and oxygen atoms in total. The van der Waals surface area contributed by atoms with E-state index in [1.807, 2.05) is 38.3 Å². The fraction of sp³-hybridized carbons (Fsp3) is 0.364. The van der Waals surface area contributed by atoms with E-state index in [-0.39, 0.29) is 0 Å². The van der Waals surface area contributed by atoms with E-state index in [0.29, 0.717) is 0 Å². The van der Waals surface area contributed by atoms with Crippen molar-refractivity contribution in [2.75, 3.05) is 13.0 Å². The summed E-state index contributed by atoms with van der Waals surface area (Å²) >= 11 is 1.74. The largest absolute Gasteiger partial charge is 0.497 e. The van der Waals surface area contributed by atoms with Gasteiger partial charge in [-0.3, -0.25) is 4.99 Å². The summed E-state index contributed by atoms with van der Waals surface area (Å²) in [7, 11) is 1.68. The summed E-state index contributed by atoms with van der Waals surface area (Å²) in [6.07, 6.45) is 1.91. The second-order valence-corrected chi connectivity index (χ2v) is 3.48. The molecule has 1 aliphatic heterocycles. The van der Waals surface area contributed by atoms with E-state index in [9.17, 15) is 0 Å². The molecule has 0 radical (unpaired) electrons. The highest BCUT2D eigenvalue weighted by Crippen LogP contribution is 2.28. The van der Waals surface area contributed by atoms with E-state index >= 15 is 0 Å². The minimum Gasteiger partial charge on any atom is -0.497 e. The van der Waals surface area contributed by atoms with Crippen LogP contribution in [0.1, 0.15) is 19.4 Å². The second kappa shape index (κ2) is 5.70. The van der Waals surface area contributed by atoms with Crippen molar-refractivity contribution in [3.05, 3.63) is 23.8 Å². The van der Waals surface area contributed by atoms with E-state index in [2.05, 4.69) is 4.99 Å². The van der Waals surface area contributed by atoms with Crippen LogP contribution in [0.2, 0.25) is 0 Å². The third-order valence-electron chi connectivity index (χ3n) is 1.75. The summed E-state index contributed by atoms with van der Waals surface area (Å²) in [6.45, 7) is 4.00. The maximum Gasteiger partial charge on any atom is 0.120 e. The summed E-state index contributed by atoms with van der Waals surface area (Å²) in [5.41, 5.74) is 1.19. The van der Waals surface area contributed by atoms with Gasteiger partial charge in [-0.25, -0.2) is 0 Å². The van der Waals surface area contributed by atoms with Crippen LogP contribution in [-0.2, 0) is 0 Å². The lowest BCUT2D eigenvalue weighted by atomic mass is 10.2. The van der Waals surface area contributed by atoms with Crippen LogP contribution in [0.15, 0.2) is 28.1 Å². The van der Waals surface area contributed by atoms with E-state index in [1.54, 1.807) is 18.9 Å². The molecule has 0 saturated heterocycles. The van der Waals surface area contributed by atoms with Crippen LogP contribution in [0.3, 0.4) is 0 Å². The Morgan fingerprint density at radius 2 is 2.14 bits per heavy atom. The Balaban J connectivity index is 0.000000461. The summed E-state index contributed by atoms with van der Waals surface area (Å²) in [4.78, 5) is 5.43. The first-order valence-corrected chi connectivity index (χ1v) is 5.69. The van der Waals surface area contributed by atoms with E-state index in [4.69, 9.17) is 4.74 Å². The zero-order valence-electron chi connectivity index (χ0n) is 8.78. The lowest BCUT2D eigenvalue weighted by Crippen LogP contribution is -1.94. The Hall–Kier alpha value is -0.960. The van der Waals surface area contributed by atoms with E-state index in [1.165, 1.54) is 10.5 Å². The highest BCUT2D eigenvalue weighted by molar-refractivity contribution is 7.99. The molecule has 0 amide bonds. The van der Waals surface area contributed by atoms with Crippen LogP contribution >= 0.6 is 11.8 Å². The molecule has 0 fully saturated rings. The number of hydrogen-bond donors (Lipinski definition) is 0. The van der Waals surface area contributed by atoms with Gasteiger partial charge in [0.15, 0.2) is 0 Å². The van der Waals surface area contributed by atoms with Crippen molar-refractivity contribution in [1.29, 1.82) is 0 Å².